The van der Waals surface area contributed by atoms with Gasteiger partial charge in [0.2, 0.25) is 11.8 Å². The number of amides is 4. The van der Waals surface area contributed by atoms with Gasteiger partial charge in [0.15, 0.2) is 5.41 Å². The average molecular weight is 449 g/mol. The van der Waals surface area contributed by atoms with Gasteiger partial charge in [0.1, 0.15) is 11.6 Å². The van der Waals surface area contributed by atoms with Crippen LogP contribution in [0.2, 0.25) is 0 Å². The van der Waals surface area contributed by atoms with Gasteiger partial charge in [-0.05, 0) is 35.9 Å². The van der Waals surface area contributed by atoms with E-state index in [1.54, 1.807) is 6.07 Å². The third kappa shape index (κ3) is 2.57. The van der Waals surface area contributed by atoms with Gasteiger partial charge in [-0.25, -0.2) is 8.78 Å². The van der Waals surface area contributed by atoms with Gasteiger partial charge in [0, 0.05) is 15.6 Å². The number of halogens is 3. The molecule has 2 aromatic carbocycles. The van der Waals surface area contributed by atoms with Crippen molar-refractivity contribution >= 4 is 39.6 Å². The molecule has 0 aromatic heterocycles. The molecule has 1 saturated heterocycles. The fourth-order valence-corrected chi connectivity index (χ4v) is 3.93. The Hall–Kier alpha value is -2.94. The second-order valence-corrected chi connectivity index (χ2v) is 7.50. The molecule has 2 heterocycles. The standard InChI is InChI=1S/C19H11BrF2N2O4/c20-10-2-1-9(14(22)5-10)8-24-16(26)12-4-3-11(21)6-13(12)19(18(24)28)7-15(25)23-17(19)27/h1-6H,7-8H2,(H,23,25,27)/t19-/m0/s1. The fourth-order valence-electron chi connectivity index (χ4n) is 3.59. The van der Waals surface area contributed by atoms with E-state index in [0.717, 1.165) is 23.1 Å². The predicted octanol–water partition coefficient (Wildman–Crippen LogP) is 2.19. The summed E-state index contributed by atoms with van der Waals surface area (Å²) in [6, 6.07) is 7.21. The molecule has 0 radical (unpaired) electrons. The second kappa shape index (κ2) is 6.30. The highest BCUT2D eigenvalue weighted by atomic mass is 79.9. The number of carbonyl (C=O) groups is 4. The first-order valence-electron chi connectivity index (χ1n) is 8.18. The summed E-state index contributed by atoms with van der Waals surface area (Å²) in [6.07, 6.45) is -0.548. The molecule has 0 unspecified atom stereocenters. The summed E-state index contributed by atoms with van der Waals surface area (Å²) >= 11 is 3.12. The van der Waals surface area contributed by atoms with E-state index >= 15 is 0 Å². The second-order valence-electron chi connectivity index (χ2n) is 6.58. The van der Waals surface area contributed by atoms with E-state index in [4.69, 9.17) is 0 Å². The van der Waals surface area contributed by atoms with Gasteiger partial charge in [-0.3, -0.25) is 29.4 Å². The van der Waals surface area contributed by atoms with Crippen molar-refractivity contribution in [3.63, 3.8) is 0 Å². The van der Waals surface area contributed by atoms with Crippen LogP contribution in [0.5, 0.6) is 0 Å². The minimum absolute atomic E-state index is 0.0512. The average Bonchev–Trinajstić information content (AvgIpc) is 2.93. The number of carbonyl (C=O) groups excluding carboxylic acids is 4. The monoisotopic (exact) mass is 448 g/mol. The van der Waals surface area contributed by atoms with Crippen LogP contribution in [0.25, 0.3) is 0 Å². The minimum Gasteiger partial charge on any atom is -0.295 e. The molecule has 1 spiro atoms. The molecule has 1 N–H and O–H groups in total. The first-order chi connectivity index (χ1) is 13.2. The summed E-state index contributed by atoms with van der Waals surface area (Å²) in [5.41, 5.74) is -2.23. The summed E-state index contributed by atoms with van der Waals surface area (Å²) < 4.78 is 28.6. The van der Waals surface area contributed by atoms with E-state index < -0.39 is 53.6 Å². The number of fused-ring (bicyclic) bond motifs is 2. The lowest BCUT2D eigenvalue weighted by molar-refractivity contribution is -0.142. The molecule has 1 fully saturated rings. The first-order valence-corrected chi connectivity index (χ1v) is 8.98. The Labute approximate surface area is 165 Å². The van der Waals surface area contributed by atoms with Crippen LogP contribution in [-0.4, -0.2) is 28.5 Å². The van der Waals surface area contributed by atoms with Crippen molar-refractivity contribution in [1.29, 1.82) is 0 Å². The molecule has 2 aliphatic rings. The highest BCUT2D eigenvalue weighted by molar-refractivity contribution is 9.10. The zero-order valence-corrected chi connectivity index (χ0v) is 15.7. The minimum atomic E-state index is -2.05. The van der Waals surface area contributed by atoms with Gasteiger partial charge in [-0.15, -0.1) is 0 Å². The lowest BCUT2D eigenvalue weighted by atomic mass is 9.72. The predicted molar refractivity (Wildman–Crippen MR) is 94.8 cm³/mol. The van der Waals surface area contributed by atoms with Crippen molar-refractivity contribution in [3.05, 3.63) is 69.2 Å². The molecule has 4 rings (SSSR count). The first kappa shape index (κ1) is 18.4. The van der Waals surface area contributed by atoms with Crippen LogP contribution in [-0.2, 0) is 26.3 Å². The molecule has 6 nitrogen and oxygen atoms in total. The lowest BCUT2D eigenvalue weighted by Gasteiger charge is -2.37. The van der Waals surface area contributed by atoms with Gasteiger partial charge < -0.3 is 0 Å². The van der Waals surface area contributed by atoms with Gasteiger partial charge in [0.25, 0.3) is 11.8 Å². The van der Waals surface area contributed by atoms with Crippen molar-refractivity contribution in [2.45, 2.75) is 18.4 Å². The molecule has 142 valence electrons. The maximum atomic E-state index is 14.3. The zero-order chi connectivity index (χ0) is 20.2. The van der Waals surface area contributed by atoms with Crippen molar-refractivity contribution in [3.8, 4) is 0 Å². The van der Waals surface area contributed by atoms with E-state index in [2.05, 4.69) is 15.9 Å². The van der Waals surface area contributed by atoms with Crippen molar-refractivity contribution in [2.75, 3.05) is 0 Å². The fraction of sp³-hybridized carbons (Fsp3) is 0.158. The molecular weight excluding hydrogens is 438 g/mol. The highest BCUT2D eigenvalue weighted by Gasteiger charge is 2.60. The van der Waals surface area contributed by atoms with Crippen LogP contribution >= 0.6 is 15.9 Å². The molecular formula is C19H11BrF2N2O4. The van der Waals surface area contributed by atoms with Crippen LogP contribution in [0.4, 0.5) is 8.78 Å². The molecule has 2 aliphatic heterocycles. The zero-order valence-electron chi connectivity index (χ0n) is 14.1. The Balaban J connectivity index is 1.87. The maximum Gasteiger partial charge on any atom is 0.261 e. The SMILES string of the molecule is O=C1C[C@]2(C(=O)N1)C(=O)N(Cc1ccc(Br)cc1F)C(=O)c1ccc(F)cc12. The Morgan fingerprint density at radius 2 is 1.82 bits per heavy atom. The van der Waals surface area contributed by atoms with E-state index in [9.17, 15) is 28.0 Å². The number of nitrogens with one attached hydrogen (secondary N) is 1. The number of imide groups is 2. The normalized spacial score (nSPS) is 21.3. The molecule has 0 aliphatic carbocycles. The molecule has 4 amide bonds. The van der Waals surface area contributed by atoms with E-state index in [0.29, 0.717) is 4.47 Å². The third-order valence-corrected chi connectivity index (χ3v) is 5.43. The largest absolute Gasteiger partial charge is 0.295 e. The molecule has 1 atom stereocenters. The number of rotatable bonds is 2. The Kier molecular flexibility index (Phi) is 4.15. The number of benzene rings is 2. The van der Waals surface area contributed by atoms with Crippen LogP contribution in [0.15, 0.2) is 40.9 Å². The number of hydrogen-bond donors (Lipinski definition) is 1. The highest BCUT2D eigenvalue weighted by Crippen LogP contribution is 2.41. The summed E-state index contributed by atoms with van der Waals surface area (Å²) in [7, 11) is 0. The van der Waals surface area contributed by atoms with Crippen LogP contribution in [0.3, 0.4) is 0 Å². The van der Waals surface area contributed by atoms with E-state index in [1.807, 2.05) is 5.32 Å². The quantitative estimate of drug-likeness (QED) is 0.563. The van der Waals surface area contributed by atoms with Gasteiger partial charge in [0.05, 0.1) is 13.0 Å². The lowest BCUT2D eigenvalue weighted by Crippen LogP contribution is -2.57. The summed E-state index contributed by atoms with van der Waals surface area (Å²) in [4.78, 5) is 51.2. The van der Waals surface area contributed by atoms with Gasteiger partial charge >= 0.3 is 0 Å². The number of hydrogen-bond acceptors (Lipinski definition) is 4. The third-order valence-electron chi connectivity index (χ3n) is 4.94. The Bertz CT molecular complexity index is 1090. The topological polar surface area (TPSA) is 83.6 Å². The Morgan fingerprint density at radius 1 is 1.07 bits per heavy atom. The maximum absolute atomic E-state index is 14.3. The molecule has 0 saturated carbocycles. The molecule has 9 heteroatoms. The van der Waals surface area contributed by atoms with E-state index in [1.165, 1.54) is 12.1 Å². The van der Waals surface area contributed by atoms with Gasteiger partial charge in [-0.1, -0.05) is 22.0 Å². The van der Waals surface area contributed by atoms with E-state index in [-0.39, 0.29) is 16.7 Å². The van der Waals surface area contributed by atoms with Crippen molar-refractivity contribution in [2.24, 2.45) is 0 Å². The summed E-state index contributed by atoms with van der Waals surface area (Å²) in [6.45, 7) is -0.434. The smallest absolute Gasteiger partial charge is 0.261 e. The van der Waals surface area contributed by atoms with Crippen LogP contribution < -0.4 is 5.32 Å². The Morgan fingerprint density at radius 3 is 2.46 bits per heavy atom. The number of nitrogens with zero attached hydrogens (tertiary/aromatic N) is 1. The summed E-state index contributed by atoms with van der Waals surface area (Å²) in [5.74, 6) is -4.82. The van der Waals surface area contributed by atoms with Crippen LogP contribution in [0.1, 0.15) is 27.9 Å². The van der Waals surface area contributed by atoms with Gasteiger partial charge in [-0.2, -0.15) is 0 Å². The van der Waals surface area contributed by atoms with Crippen LogP contribution in [0, 0.1) is 11.6 Å². The van der Waals surface area contributed by atoms with Crippen molar-refractivity contribution in [1.82, 2.24) is 10.2 Å². The van der Waals surface area contributed by atoms with Crippen molar-refractivity contribution < 1.29 is 28.0 Å². The molecule has 28 heavy (non-hydrogen) atoms. The molecule has 0 bridgehead atoms. The molecule has 2 aromatic rings. The summed E-state index contributed by atoms with van der Waals surface area (Å²) in [5, 5.41) is 2.05.